The lowest BCUT2D eigenvalue weighted by Crippen LogP contribution is -2.48. The largest absolute Gasteiger partial charge is 0.492 e. The van der Waals surface area contributed by atoms with E-state index in [0.29, 0.717) is 50.2 Å². The molecule has 2 aromatic carbocycles. The third kappa shape index (κ3) is 7.17. The summed E-state index contributed by atoms with van der Waals surface area (Å²) >= 11 is 5.86. The van der Waals surface area contributed by atoms with Crippen molar-refractivity contribution in [3.63, 3.8) is 0 Å². The fourth-order valence-corrected chi connectivity index (χ4v) is 3.82. The van der Waals surface area contributed by atoms with Crippen molar-refractivity contribution in [2.24, 2.45) is 0 Å². The first-order valence-corrected chi connectivity index (χ1v) is 11.2. The van der Waals surface area contributed by atoms with Gasteiger partial charge in [0, 0.05) is 31.9 Å². The topological polar surface area (TPSA) is 69.0 Å². The second kappa shape index (κ2) is 11.0. The van der Waals surface area contributed by atoms with Crippen LogP contribution < -0.4 is 9.47 Å². The Morgan fingerprint density at radius 1 is 1.15 bits per heavy atom. The van der Waals surface area contributed by atoms with Crippen molar-refractivity contribution in [2.45, 2.75) is 18.7 Å². The fraction of sp³-hybridized carbons (Fsp3) is 0.375. The number of hydrogen-bond donors (Lipinski definition) is 1. The Hall–Kier alpha value is -2.65. The first kappa shape index (κ1) is 23.5. The first-order chi connectivity index (χ1) is 16.0. The standard InChI is InChI=1S/C24H27ClFN3O4/c25-20-13-27-29(15-20)9-11-32-22-6-4-19(5-7-22)14-28-8-10-31-17-24(30,16-28)18-33-23-3-1-2-21(26)12-23/h1-7,12-13,15,30H,8-11,14,16-18H2. The molecule has 3 aromatic rings. The minimum absolute atomic E-state index is 0.0151. The SMILES string of the molecule is OC1(COc2cccc(F)c2)COCCN(Cc2ccc(OCCn3cc(Cl)cn3)cc2)C1. The molecule has 0 amide bonds. The van der Waals surface area contributed by atoms with Crippen molar-refractivity contribution in [3.05, 3.63) is 77.3 Å². The van der Waals surface area contributed by atoms with E-state index >= 15 is 0 Å². The van der Waals surface area contributed by atoms with Gasteiger partial charge in [0.1, 0.15) is 36.1 Å². The van der Waals surface area contributed by atoms with Crippen LogP contribution in [0.15, 0.2) is 60.9 Å². The lowest BCUT2D eigenvalue weighted by atomic mass is 10.1. The maximum atomic E-state index is 13.4. The van der Waals surface area contributed by atoms with Gasteiger partial charge in [-0.2, -0.15) is 5.10 Å². The van der Waals surface area contributed by atoms with Gasteiger partial charge in [-0.15, -0.1) is 0 Å². The molecule has 176 valence electrons. The number of nitrogens with zero attached hydrogens (tertiary/aromatic N) is 3. The summed E-state index contributed by atoms with van der Waals surface area (Å²) in [4.78, 5) is 2.12. The molecule has 0 spiro atoms. The van der Waals surface area contributed by atoms with E-state index in [1.807, 2.05) is 24.3 Å². The van der Waals surface area contributed by atoms with Crippen LogP contribution in [0.5, 0.6) is 11.5 Å². The summed E-state index contributed by atoms with van der Waals surface area (Å²) in [5.41, 5.74) is -0.0992. The van der Waals surface area contributed by atoms with Gasteiger partial charge in [0.25, 0.3) is 0 Å². The van der Waals surface area contributed by atoms with Crippen LogP contribution >= 0.6 is 11.6 Å². The molecule has 1 aromatic heterocycles. The van der Waals surface area contributed by atoms with Crippen LogP contribution in [0.1, 0.15) is 5.56 Å². The van der Waals surface area contributed by atoms with Gasteiger partial charge in [0.05, 0.1) is 31.0 Å². The molecule has 7 nitrogen and oxygen atoms in total. The van der Waals surface area contributed by atoms with Gasteiger partial charge in [0.15, 0.2) is 0 Å². The Kier molecular flexibility index (Phi) is 7.82. The van der Waals surface area contributed by atoms with Crippen molar-refractivity contribution in [1.29, 1.82) is 0 Å². The van der Waals surface area contributed by atoms with Crippen LogP contribution in [-0.2, 0) is 17.8 Å². The Balaban J connectivity index is 1.28. The van der Waals surface area contributed by atoms with Crippen LogP contribution in [-0.4, -0.2) is 64.9 Å². The molecule has 1 N–H and O–H groups in total. The number of aromatic nitrogens is 2. The highest BCUT2D eigenvalue weighted by atomic mass is 35.5. The van der Waals surface area contributed by atoms with E-state index < -0.39 is 5.60 Å². The van der Waals surface area contributed by atoms with E-state index in [-0.39, 0.29) is 19.0 Å². The highest BCUT2D eigenvalue weighted by Crippen LogP contribution is 2.20. The number of β-amino-alcohol motifs (C(OH)–C–C–N with tert-alkyl or cyclic N) is 1. The monoisotopic (exact) mass is 475 g/mol. The average molecular weight is 476 g/mol. The van der Waals surface area contributed by atoms with Gasteiger partial charge in [-0.25, -0.2) is 4.39 Å². The molecule has 1 atom stereocenters. The van der Waals surface area contributed by atoms with Crippen molar-refractivity contribution in [3.8, 4) is 11.5 Å². The van der Waals surface area contributed by atoms with Crippen molar-refractivity contribution >= 4 is 11.6 Å². The number of ether oxygens (including phenoxy) is 3. The third-order valence-corrected chi connectivity index (χ3v) is 5.46. The smallest absolute Gasteiger partial charge is 0.134 e. The molecule has 1 fully saturated rings. The number of hydrogen-bond acceptors (Lipinski definition) is 6. The molecule has 4 rings (SSSR count). The summed E-state index contributed by atoms with van der Waals surface area (Å²) in [6.45, 7) is 3.50. The van der Waals surface area contributed by atoms with E-state index in [2.05, 4.69) is 10.00 Å². The summed E-state index contributed by atoms with van der Waals surface area (Å²) in [7, 11) is 0. The number of benzene rings is 2. The molecule has 33 heavy (non-hydrogen) atoms. The summed E-state index contributed by atoms with van der Waals surface area (Å²) in [5.74, 6) is 0.776. The zero-order valence-electron chi connectivity index (χ0n) is 18.2. The quantitative estimate of drug-likeness (QED) is 0.511. The average Bonchev–Trinajstić information content (AvgIpc) is 3.12. The van der Waals surface area contributed by atoms with Crippen molar-refractivity contribution in [1.82, 2.24) is 14.7 Å². The van der Waals surface area contributed by atoms with Crippen LogP contribution in [0.3, 0.4) is 0 Å². The van der Waals surface area contributed by atoms with Crippen LogP contribution in [0.2, 0.25) is 5.02 Å². The molecule has 2 heterocycles. The Labute approximate surface area is 197 Å². The molecule has 0 bridgehead atoms. The van der Waals surface area contributed by atoms with E-state index in [0.717, 1.165) is 11.3 Å². The van der Waals surface area contributed by atoms with Crippen LogP contribution in [0.4, 0.5) is 4.39 Å². The van der Waals surface area contributed by atoms with Gasteiger partial charge in [-0.1, -0.05) is 29.8 Å². The molecule has 1 saturated heterocycles. The minimum Gasteiger partial charge on any atom is -0.492 e. The van der Waals surface area contributed by atoms with Gasteiger partial charge in [-0.05, 0) is 29.8 Å². The zero-order valence-corrected chi connectivity index (χ0v) is 19.0. The first-order valence-electron chi connectivity index (χ1n) is 10.8. The van der Waals surface area contributed by atoms with E-state index in [4.69, 9.17) is 25.8 Å². The van der Waals surface area contributed by atoms with Gasteiger partial charge in [0.2, 0.25) is 0 Å². The summed E-state index contributed by atoms with van der Waals surface area (Å²) < 4.78 is 32.1. The number of aliphatic hydroxyl groups is 1. The molecular weight excluding hydrogens is 449 g/mol. The second-order valence-electron chi connectivity index (χ2n) is 8.15. The molecule has 0 saturated carbocycles. The second-order valence-corrected chi connectivity index (χ2v) is 8.58. The number of halogens is 2. The Morgan fingerprint density at radius 3 is 2.76 bits per heavy atom. The highest BCUT2D eigenvalue weighted by Gasteiger charge is 2.33. The maximum Gasteiger partial charge on any atom is 0.134 e. The lowest BCUT2D eigenvalue weighted by molar-refractivity contribution is -0.0647. The molecule has 1 unspecified atom stereocenters. The van der Waals surface area contributed by atoms with Gasteiger partial charge in [-0.3, -0.25) is 9.58 Å². The van der Waals surface area contributed by atoms with E-state index in [9.17, 15) is 9.50 Å². The van der Waals surface area contributed by atoms with Crippen LogP contribution in [0, 0.1) is 5.82 Å². The summed E-state index contributed by atoms with van der Waals surface area (Å²) in [6.07, 6.45) is 3.35. The predicted octanol–water partition coefficient (Wildman–Crippen LogP) is 3.40. The van der Waals surface area contributed by atoms with Gasteiger partial charge < -0.3 is 19.3 Å². The summed E-state index contributed by atoms with van der Waals surface area (Å²) in [6, 6.07) is 13.8. The fourth-order valence-electron chi connectivity index (χ4n) is 3.66. The van der Waals surface area contributed by atoms with Crippen molar-refractivity contribution < 1.29 is 23.7 Å². The summed E-state index contributed by atoms with van der Waals surface area (Å²) in [5, 5.41) is 15.8. The lowest BCUT2D eigenvalue weighted by Gasteiger charge is -2.30. The van der Waals surface area contributed by atoms with Crippen molar-refractivity contribution in [2.75, 3.05) is 39.5 Å². The molecule has 1 aliphatic heterocycles. The molecule has 1 aliphatic rings. The Morgan fingerprint density at radius 2 is 2.00 bits per heavy atom. The minimum atomic E-state index is -1.19. The molecule has 0 radical (unpaired) electrons. The van der Waals surface area contributed by atoms with E-state index in [1.54, 1.807) is 29.2 Å². The molecule has 0 aliphatic carbocycles. The Bertz CT molecular complexity index is 1030. The van der Waals surface area contributed by atoms with Crippen LogP contribution in [0.25, 0.3) is 0 Å². The number of rotatable bonds is 9. The molecule has 9 heteroatoms. The molecular formula is C24H27ClFN3O4. The van der Waals surface area contributed by atoms with Gasteiger partial charge >= 0.3 is 0 Å². The van der Waals surface area contributed by atoms with E-state index in [1.165, 1.54) is 12.1 Å². The zero-order chi connectivity index (χ0) is 23.1. The highest BCUT2D eigenvalue weighted by molar-refractivity contribution is 6.30. The maximum absolute atomic E-state index is 13.4. The normalized spacial score (nSPS) is 19.2. The predicted molar refractivity (Wildman–Crippen MR) is 122 cm³/mol. The third-order valence-electron chi connectivity index (χ3n) is 5.26.